The number of fused-ring (bicyclic) bond motifs is 2. The molecule has 1 N–H and O–H groups in total. The topological polar surface area (TPSA) is 32.3 Å². The molecule has 1 amide bonds. The van der Waals surface area contributed by atoms with Crippen LogP contribution >= 0.6 is 0 Å². The highest BCUT2D eigenvalue weighted by Crippen LogP contribution is 2.44. The number of carbonyl (C=O) groups is 1. The zero-order valence-electron chi connectivity index (χ0n) is 10.9. The number of para-hydroxylation sites is 1. The van der Waals surface area contributed by atoms with Gasteiger partial charge in [-0.2, -0.15) is 0 Å². The van der Waals surface area contributed by atoms with Gasteiger partial charge in [-0.25, -0.2) is 0 Å². The molecule has 96 valence electrons. The number of rotatable bonds is 2. The summed E-state index contributed by atoms with van der Waals surface area (Å²) >= 11 is 0. The number of amides is 1. The average Bonchev–Trinajstić information content (AvgIpc) is 2.66. The summed E-state index contributed by atoms with van der Waals surface area (Å²) in [7, 11) is 0. The van der Waals surface area contributed by atoms with Gasteiger partial charge in [-0.15, -0.1) is 0 Å². The van der Waals surface area contributed by atoms with Crippen molar-refractivity contribution in [2.24, 2.45) is 0 Å². The number of likely N-dealkylation sites (tertiary alicyclic amines) is 1. The molecular formula is C15H20N2O. The van der Waals surface area contributed by atoms with Crippen LogP contribution in [0.1, 0.15) is 31.7 Å². The molecule has 1 saturated heterocycles. The van der Waals surface area contributed by atoms with E-state index in [1.54, 1.807) is 0 Å². The van der Waals surface area contributed by atoms with Crippen LogP contribution in [0.25, 0.3) is 0 Å². The van der Waals surface area contributed by atoms with Crippen LogP contribution in [0, 0.1) is 0 Å². The van der Waals surface area contributed by atoms with Crippen LogP contribution in [0.4, 0.5) is 5.69 Å². The molecule has 1 fully saturated rings. The van der Waals surface area contributed by atoms with Crippen molar-refractivity contribution < 1.29 is 4.79 Å². The van der Waals surface area contributed by atoms with Gasteiger partial charge in [0.1, 0.15) is 0 Å². The molecule has 2 aliphatic heterocycles. The molecule has 3 rings (SSSR count). The molecule has 0 atom stereocenters. The van der Waals surface area contributed by atoms with Crippen LogP contribution < -0.4 is 5.32 Å². The highest BCUT2D eigenvalue weighted by atomic mass is 16.2. The first kappa shape index (κ1) is 11.7. The second-order valence-electron chi connectivity index (χ2n) is 5.42. The summed E-state index contributed by atoms with van der Waals surface area (Å²) < 4.78 is 0. The van der Waals surface area contributed by atoms with Gasteiger partial charge in [0.05, 0.1) is 5.41 Å². The summed E-state index contributed by atoms with van der Waals surface area (Å²) in [4.78, 5) is 14.8. The van der Waals surface area contributed by atoms with Crippen LogP contribution in [-0.2, 0) is 10.2 Å². The van der Waals surface area contributed by atoms with E-state index in [9.17, 15) is 4.79 Å². The molecule has 3 nitrogen and oxygen atoms in total. The van der Waals surface area contributed by atoms with Gasteiger partial charge in [0.2, 0.25) is 5.91 Å². The summed E-state index contributed by atoms with van der Waals surface area (Å²) in [6.07, 6.45) is 3.10. The van der Waals surface area contributed by atoms with Crippen molar-refractivity contribution in [1.82, 2.24) is 4.90 Å². The molecule has 1 spiro atoms. The van der Waals surface area contributed by atoms with Crippen LogP contribution in [0.5, 0.6) is 0 Å². The zero-order valence-corrected chi connectivity index (χ0v) is 10.9. The van der Waals surface area contributed by atoms with Crippen LogP contribution in [0.3, 0.4) is 0 Å². The van der Waals surface area contributed by atoms with Crippen LogP contribution in [0.2, 0.25) is 0 Å². The van der Waals surface area contributed by atoms with E-state index in [1.165, 1.54) is 12.0 Å². The number of anilines is 1. The fourth-order valence-electron chi connectivity index (χ4n) is 3.34. The lowest BCUT2D eigenvalue weighted by Crippen LogP contribution is -2.46. The quantitative estimate of drug-likeness (QED) is 0.866. The fraction of sp³-hybridized carbons (Fsp3) is 0.533. The Morgan fingerprint density at radius 1 is 1.28 bits per heavy atom. The predicted molar refractivity (Wildman–Crippen MR) is 72.7 cm³/mol. The third-order valence-electron chi connectivity index (χ3n) is 4.37. The summed E-state index contributed by atoms with van der Waals surface area (Å²) in [5.74, 6) is 0.208. The van der Waals surface area contributed by atoms with Gasteiger partial charge < -0.3 is 10.2 Å². The Labute approximate surface area is 108 Å². The monoisotopic (exact) mass is 244 g/mol. The SMILES string of the molecule is CCCN1CCC2(CC1)C(=O)Nc1ccccc12. The van der Waals surface area contributed by atoms with E-state index >= 15 is 0 Å². The number of hydrogen-bond donors (Lipinski definition) is 1. The highest BCUT2D eigenvalue weighted by Gasteiger charge is 2.47. The molecule has 3 heteroatoms. The van der Waals surface area contributed by atoms with Crippen molar-refractivity contribution in [3.8, 4) is 0 Å². The smallest absolute Gasteiger partial charge is 0.235 e. The number of nitrogens with zero attached hydrogens (tertiary/aromatic N) is 1. The van der Waals surface area contributed by atoms with Crippen molar-refractivity contribution in [3.63, 3.8) is 0 Å². The Morgan fingerprint density at radius 2 is 2.00 bits per heavy atom. The molecule has 18 heavy (non-hydrogen) atoms. The molecule has 1 aromatic carbocycles. The maximum atomic E-state index is 12.3. The van der Waals surface area contributed by atoms with E-state index in [4.69, 9.17) is 0 Å². The summed E-state index contributed by atoms with van der Waals surface area (Å²) in [5.41, 5.74) is 1.98. The molecule has 2 aliphatic rings. The Bertz CT molecular complexity index is 461. The second-order valence-corrected chi connectivity index (χ2v) is 5.42. The lowest BCUT2D eigenvalue weighted by atomic mass is 9.73. The Hall–Kier alpha value is -1.35. The standard InChI is InChI=1S/C15H20N2O/c1-2-9-17-10-7-15(8-11-17)12-5-3-4-6-13(12)16-14(15)18/h3-6H,2,7-11H2,1H3,(H,16,18). The molecule has 0 radical (unpaired) electrons. The number of nitrogens with one attached hydrogen (secondary N) is 1. The molecule has 0 aliphatic carbocycles. The lowest BCUT2D eigenvalue weighted by molar-refractivity contribution is -0.122. The first-order valence-electron chi connectivity index (χ1n) is 6.89. The first-order chi connectivity index (χ1) is 8.76. The second kappa shape index (κ2) is 4.39. The predicted octanol–water partition coefficient (Wildman–Crippen LogP) is 2.38. The number of benzene rings is 1. The fourth-order valence-corrected chi connectivity index (χ4v) is 3.34. The maximum Gasteiger partial charge on any atom is 0.235 e. The van der Waals surface area contributed by atoms with Gasteiger partial charge in [0, 0.05) is 5.69 Å². The van der Waals surface area contributed by atoms with E-state index in [0.29, 0.717) is 0 Å². The molecule has 2 heterocycles. The average molecular weight is 244 g/mol. The van der Waals surface area contributed by atoms with Crippen LogP contribution in [-0.4, -0.2) is 30.4 Å². The van der Waals surface area contributed by atoms with Crippen molar-refractivity contribution >= 4 is 11.6 Å². The third-order valence-corrected chi connectivity index (χ3v) is 4.37. The Kier molecular flexibility index (Phi) is 2.86. The van der Waals surface area contributed by atoms with E-state index in [1.807, 2.05) is 18.2 Å². The molecule has 1 aromatic rings. The van der Waals surface area contributed by atoms with Gasteiger partial charge >= 0.3 is 0 Å². The van der Waals surface area contributed by atoms with Gasteiger partial charge in [0.25, 0.3) is 0 Å². The Morgan fingerprint density at radius 3 is 2.72 bits per heavy atom. The van der Waals surface area contributed by atoms with E-state index < -0.39 is 0 Å². The van der Waals surface area contributed by atoms with Gasteiger partial charge in [-0.1, -0.05) is 25.1 Å². The molecule has 0 saturated carbocycles. The summed E-state index contributed by atoms with van der Waals surface area (Å²) in [6, 6.07) is 8.16. The van der Waals surface area contributed by atoms with Crippen molar-refractivity contribution in [1.29, 1.82) is 0 Å². The number of hydrogen-bond acceptors (Lipinski definition) is 2. The lowest BCUT2D eigenvalue weighted by Gasteiger charge is -2.37. The van der Waals surface area contributed by atoms with Crippen molar-refractivity contribution in [3.05, 3.63) is 29.8 Å². The zero-order chi connectivity index (χ0) is 12.6. The minimum atomic E-state index is -0.249. The molecule has 0 aromatic heterocycles. The third kappa shape index (κ3) is 1.65. The molecule has 0 unspecified atom stereocenters. The van der Waals surface area contributed by atoms with Gasteiger partial charge in [-0.3, -0.25) is 4.79 Å². The normalized spacial score (nSPS) is 21.9. The van der Waals surface area contributed by atoms with Gasteiger partial charge in [0.15, 0.2) is 0 Å². The Balaban J connectivity index is 1.86. The molecule has 0 bridgehead atoms. The number of carbonyl (C=O) groups excluding carboxylic acids is 1. The minimum Gasteiger partial charge on any atom is -0.325 e. The van der Waals surface area contributed by atoms with E-state index in [-0.39, 0.29) is 11.3 Å². The molecular weight excluding hydrogens is 224 g/mol. The highest BCUT2D eigenvalue weighted by molar-refractivity contribution is 6.06. The van der Waals surface area contributed by atoms with E-state index in [2.05, 4.69) is 23.2 Å². The first-order valence-corrected chi connectivity index (χ1v) is 6.89. The van der Waals surface area contributed by atoms with Crippen molar-refractivity contribution in [2.45, 2.75) is 31.6 Å². The van der Waals surface area contributed by atoms with Gasteiger partial charge in [-0.05, 0) is 50.5 Å². The number of piperidine rings is 1. The maximum absolute atomic E-state index is 12.3. The minimum absolute atomic E-state index is 0.208. The van der Waals surface area contributed by atoms with Crippen LogP contribution in [0.15, 0.2) is 24.3 Å². The summed E-state index contributed by atoms with van der Waals surface area (Å²) in [6.45, 7) is 5.44. The van der Waals surface area contributed by atoms with E-state index in [0.717, 1.165) is 38.2 Å². The largest absolute Gasteiger partial charge is 0.325 e. The summed E-state index contributed by atoms with van der Waals surface area (Å²) in [5, 5.41) is 3.05. The van der Waals surface area contributed by atoms with Crippen molar-refractivity contribution in [2.75, 3.05) is 25.0 Å².